The fourth-order valence-electron chi connectivity index (χ4n) is 1.44. The quantitative estimate of drug-likeness (QED) is 0.266. The highest BCUT2D eigenvalue weighted by atomic mass is 28.3. The van der Waals surface area contributed by atoms with Crippen LogP contribution in [0.1, 0.15) is 45.4 Å². The third kappa shape index (κ3) is 8.19. The van der Waals surface area contributed by atoms with E-state index >= 15 is 0 Å². The van der Waals surface area contributed by atoms with Crippen LogP contribution >= 0.6 is 0 Å². The third-order valence-electron chi connectivity index (χ3n) is 2.88. The maximum absolute atomic E-state index is 11.6. The molecule has 0 atom stereocenters. The van der Waals surface area contributed by atoms with Gasteiger partial charge in [-0.1, -0.05) is 65.2 Å². The molecule has 100 valence electrons. The lowest BCUT2D eigenvalue weighted by molar-refractivity contribution is -0.138. The predicted octanol–water partition coefficient (Wildman–Crippen LogP) is 4.32. The van der Waals surface area contributed by atoms with Gasteiger partial charge in [-0.2, -0.15) is 0 Å². The summed E-state index contributed by atoms with van der Waals surface area (Å²) < 4.78 is 5.23. The summed E-state index contributed by atoms with van der Waals surface area (Å²) in [5, 5.41) is 0.698. The van der Waals surface area contributed by atoms with Crippen molar-refractivity contribution in [1.29, 1.82) is 0 Å². The molecular weight excluding hydrogens is 228 g/mol. The Morgan fingerprint density at radius 2 is 1.59 bits per heavy atom. The van der Waals surface area contributed by atoms with Gasteiger partial charge in [-0.05, 0) is 6.42 Å². The first-order valence-electron chi connectivity index (χ1n) is 6.76. The standard InChI is InChI=1S/C14H28O2Si/c1-6-7-8-9-10-11-12-16-14(15)13(2)17(3,4)5/h2,6-12H2,1,3-5H3. The van der Waals surface area contributed by atoms with Crippen molar-refractivity contribution in [3.05, 3.63) is 11.8 Å². The van der Waals surface area contributed by atoms with E-state index in [9.17, 15) is 4.79 Å². The minimum absolute atomic E-state index is 0.183. The van der Waals surface area contributed by atoms with Crippen LogP contribution in [-0.4, -0.2) is 20.7 Å². The van der Waals surface area contributed by atoms with Gasteiger partial charge in [-0.15, -0.1) is 0 Å². The molecule has 0 amide bonds. The van der Waals surface area contributed by atoms with E-state index in [2.05, 4.69) is 33.1 Å². The summed E-state index contributed by atoms with van der Waals surface area (Å²) in [7, 11) is -1.58. The minimum Gasteiger partial charge on any atom is -0.463 e. The van der Waals surface area contributed by atoms with Gasteiger partial charge in [0.2, 0.25) is 0 Å². The summed E-state index contributed by atoms with van der Waals surface area (Å²) in [6.45, 7) is 13.0. The molecular formula is C14H28O2Si. The van der Waals surface area contributed by atoms with Gasteiger partial charge in [-0.3, -0.25) is 0 Å². The minimum atomic E-state index is -1.58. The van der Waals surface area contributed by atoms with Crippen molar-refractivity contribution in [3.63, 3.8) is 0 Å². The second-order valence-electron chi connectivity index (χ2n) is 5.63. The van der Waals surface area contributed by atoms with Crippen molar-refractivity contribution in [3.8, 4) is 0 Å². The average molecular weight is 256 g/mol. The molecule has 17 heavy (non-hydrogen) atoms. The maximum Gasteiger partial charge on any atom is 0.329 e. The molecule has 0 bridgehead atoms. The third-order valence-corrected chi connectivity index (χ3v) is 4.90. The smallest absolute Gasteiger partial charge is 0.329 e. The van der Waals surface area contributed by atoms with Crippen molar-refractivity contribution < 1.29 is 9.53 Å². The van der Waals surface area contributed by atoms with E-state index in [0.717, 1.165) is 12.8 Å². The Balaban J connectivity index is 3.56. The van der Waals surface area contributed by atoms with Gasteiger partial charge in [0, 0.05) is 5.20 Å². The SMILES string of the molecule is C=C(C(=O)OCCCCCCCC)[Si](C)(C)C. The molecule has 0 spiro atoms. The van der Waals surface area contributed by atoms with Crippen LogP contribution < -0.4 is 0 Å². The number of ether oxygens (including phenoxy) is 1. The Morgan fingerprint density at radius 3 is 2.12 bits per heavy atom. The van der Waals surface area contributed by atoms with E-state index in [-0.39, 0.29) is 5.97 Å². The highest BCUT2D eigenvalue weighted by molar-refractivity contribution is 6.86. The van der Waals surface area contributed by atoms with E-state index in [1.54, 1.807) is 0 Å². The van der Waals surface area contributed by atoms with Crippen LogP contribution in [0.4, 0.5) is 0 Å². The molecule has 0 heterocycles. The molecule has 0 unspecified atom stereocenters. The normalized spacial score (nSPS) is 11.3. The lowest BCUT2D eigenvalue weighted by Crippen LogP contribution is -2.30. The number of hydrogen-bond acceptors (Lipinski definition) is 2. The summed E-state index contributed by atoms with van der Waals surface area (Å²) in [4.78, 5) is 11.6. The van der Waals surface area contributed by atoms with Crippen LogP contribution in [0.25, 0.3) is 0 Å². The van der Waals surface area contributed by atoms with Crippen LogP contribution in [-0.2, 0) is 9.53 Å². The van der Waals surface area contributed by atoms with E-state index in [0.29, 0.717) is 11.8 Å². The molecule has 0 aliphatic carbocycles. The summed E-state index contributed by atoms with van der Waals surface area (Å²) in [5.74, 6) is -0.183. The molecule has 0 saturated carbocycles. The first kappa shape index (κ1) is 16.4. The average Bonchev–Trinajstić information content (AvgIpc) is 2.25. The zero-order chi connectivity index (χ0) is 13.3. The van der Waals surface area contributed by atoms with Crippen LogP contribution in [0.15, 0.2) is 11.8 Å². The Morgan fingerprint density at radius 1 is 1.06 bits per heavy atom. The Hall–Kier alpha value is -0.573. The number of carbonyl (C=O) groups is 1. The summed E-state index contributed by atoms with van der Waals surface area (Å²) >= 11 is 0. The van der Waals surface area contributed by atoms with Crippen LogP contribution in [0.3, 0.4) is 0 Å². The van der Waals surface area contributed by atoms with E-state index in [1.165, 1.54) is 25.7 Å². The van der Waals surface area contributed by atoms with E-state index < -0.39 is 8.07 Å². The molecule has 0 saturated heterocycles. The number of rotatable bonds is 9. The molecule has 0 radical (unpaired) electrons. The van der Waals surface area contributed by atoms with Gasteiger partial charge in [0.1, 0.15) is 0 Å². The number of esters is 1. The molecule has 0 rings (SSSR count). The van der Waals surface area contributed by atoms with Gasteiger partial charge >= 0.3 is 5.97 Å². The van der Waals surface area contributed by atoms with Crippen LogP contribution in [0.5, 0.6) is 0 Å². The molecule has 2 nitrogen and oxygen atoms in total. The maximum atomic E-state index is 11.6. The largest absolute Gasteiger partial charge is 0.463 e. The fourth-order valence-corrected chi connectivity index (χ4v) is 2.13. The first-order chi connectivity index (χ1) is 7.89. The Labute approximate surface area is 107 Å². The molecule has 0 fully saturated rings. The molecule has 0 aromatic rings. The fraction of sp³-hybridized carbons (Fsp3) is 0.786. The van der Waals surface area contributed by atoms with Crippen molar-refractivity contribution in [1.82, 2.24) is 0 Å². The van der Waals surface area contributed by atoms with Crippen LogP contribution in [0.2, 0.25) is 19.6 Å². The van der Waals surface area contributed by atoms with Crippen molar-refractivity contribution in [2.24, 2.45) is 0 Å². The van der Waals surface area contributed by atoms with Crippen molar-refractivity contribution in [2.45, 2.75) is 65.1 Å². The van der Waals surface area contributed by atoms with Crippen LogP contribution in [0, 0.1) is 0 Å². The van der Waals surface area contributed by atoms with Gasteiger partial charge in [0.15, 0.2) is 0 Å². The molecule has 0 aliphatic heterocycles. The van der Waals surface area contributed by atoms with E-state index in [1.807, 2.05) is 0 Å². The first-order valence-corrected chi connectivity index (χ1v) is 10.3. The molecule has 3 heteroatoms. The van der Waals surface area contributed by atoms with Crippen molar-refractivity contribution >= 4 is 14.0 Å². The molecule has 0 aromatic carbocycles. The van der Waals surface area contributed by atoms with E-state index in [4.69, 9.17) is 4.74 Å². The zero-order valence-corrected chi connectivity index (χ0v) is 13.0. The molecule has 0 aliphatic rings. The van der Waals surface area contributed by atoms with Gasteiger partial charge in [0.05, 0.1) is 14.7 Å². The molecule has 0 N–H and O–H groups in total. The zero-order valence-electron chi connectivity index (χ0n) is 12.0. The highest BCUT2D eigenvalue weighted by Gasteiger charge is 2.24. The number of hydrogen-bond donors (Lipinski definition) is 0. The second kappa shape index (κ2) is 8.51. The van der Waals surface area contributed by atoms with Gasteiger partial charge in [0.25, 0.3) is 0 Å². The topological polar surface area (TPSA) is 26.3 Å². The van der Waals surface area contributed by atoms with Gasteiger partial charge in [-0.25, -0.2) is 4.79 Å². The summed E-state index contributed by atoms with van der Waals surface area (Å²) in [6, 6.07) is 0. The lowest BCUT2D eigenvalue weighted by atomic mass is 10.1. The Kier molecular flexibility index (Phi) is 8.22. The van der Waals surface area contributed by atoms with Crippen molar-refractivity contribution in [2.75, 3.05) is 6.61 Å². The molecule has 0 aromatic heterocycles. The number of carbonyl (C=O) groups excluding carboxylic acids is 1. The Bertz CT molecular complexity index is 241. The summed E-state index contributed by atoms with van der Waals surface area (Å²) in [6.07, 6.45) is 7.27. The second-order valence-corrected chi connectivity index (χ2v) is 10.7. The predicted molar refractivity (Wildman–Crippen MR) is 76.8 cm³/mol. The number of unbranched alkanes of at least 4 members (excludes halogenated alkanes) is 5. The monoisotopic (exact) mass is 256 g/mol. The van der Waals surface area contributed by atoms with Gasteiger partial charge < -0.3 is 4.74 Å². The highest BCUT2D eigenvalue weighted by Crippen LogP contribution is 2.14. The lowest BCUT2D eigenvalue weighted by Gasteiger charge is -2.17. The summed E-state index contributed by atoms with van der Waals surface area (Å²) in [5.41, 5.74) is 0.